The molecule has 5 nitrogen and oxygen atoms in total. The third kappa shape index (κ3) is 6.48. The molecule has 0 amide bonds. The van der Waals surface area contributed by atoms with Crippen molar-refractivity contribution in [3.05, 3.63) is 156 Å². The molecule has 0 spiro atoms. The number of hydrazone groups is 1. The van der Waals surface area contributed by atoms with Gasteiger partial charge in [-0.2, -0.15) is 57.5 Å². The van der Waals surface area contributed by atoms with Crippen molar-refractivity contribution in [2.45, 2.75) is 34.6 Å². The summed E-state index contributed by atoms with van der Waals surface area (Å²) < 4.78 is 1.95. The number of rotatable bonds is 7. The fourth-order valence-electron chi connectivity index (χ4n) is 6.52. The molecule has 0 fully saturated rings. The fourth-order valence-corrected chi connectivity index (χ4v) is 6.52. The normalized spacial score (nSPS) is 12.6. The molecule has 6 aromatic rings. The van der Waals surface area contributed by atoms with Crippen LogP contribution in [0, 0.1) is 46.5 Å². The van der Waals surface area contributed by atoms with E-state index in [1.807, 2.05) is 59.7 Å². The van der Waals surface area contributed by atoms with E-state index in [4.69, 9.17) is 10.2 Å². The number of nitrogens with zero attached hydrogens (tertiary/aromatic N) is 5. The van der Waals surface area contributed by atoms with Gasteiger partial charge in [0, 0.05) is 38.5 Å². The van der Waals surface area contributed by atoms with Crippen LogP contribution < -0.4 is 26.3 Å². The van der Waals surface area contributed by atoms with Crippen molar-refractivity contribution < 1.29 is 21.1 Å². The second-order valence-corrected chi connectivity index (χ2v) is 12.0. The van der Waals surface area contributed by atoms with Crippen LogP contribution in [0.1, 0.15) is 29.2 Å². The zero-order chi connectivity index (χ0) is 31.8. The van der Waals surface area contributed by atoms with Crippen molar-refractivity contribution in [1.82, 2.24) is 9.78 Å². The molecular formula is C40H35BN5Pt-3. The van der Waals surface area contributed by atoms with Gasteiger partial charge < -0.3 is 9.91 Å². The molecule has 1 aliphatic rings. The summed E-state index contributed by atoms with van der Waals surface area (Å²) in [5, 5.41) is 11.8. The zero-order valence-electron chi connectivity index (χ0n) is 27.2. The van der Waals surface area contributed by atoms with Crippen LogP contribution in [0.3, 0.4) is 0 Å². The maximum atomic E-state index is 5.00. The van der Waals surface area contributed by atoms with Gasteiger partial charge in [0.25, 0.3) is 0 Å². The number of anilines is 2. The molecule has 1 aliphatic heterocycles. The average molecular weight is 792 g/mol. The number of hydrogen-bond acceptors (Lipinski definition) is 4. The number of aryl methyl sites for hydroxylation is 4. The molecule has 7 rings (SSSR count). The summed E-state index contributed by atoms with van der Waals surface area (Å²) in [6.07, 6.45) is 2.09. The monoisotopic (exact) mass is 791 g/mol. The second-order valence-electron chi connectivity index (χ2n) is 12.0. The Balaban J connectivity index is 0.00000386. The fraction of sp³-hybridized carbons (Fsp3) is 0.125. The minimum absolute atomic E-state index is 0. The Morgan fingerprint density at radius 2 is 1.26 bits per heavy atom. The molecule has 0 aliphatic carbocycles. The quantitative estimate of drug-likeness (QED) is 0.134. The molecule has 236 valence electrons. The van der Waals surface area contributed by atoms with Crippen LogP contribution >= 0.6 is 0 Å². The molecule has 7 heteroatoms. The van der Waals surface area contributed by atoms with Gasteiger partial charge in [-0.15, -0.1) is 18.8 Å². The molecule has 0 unspecified atom stereocenters. The largest absolute Gasteiger partial charge is 0.460 e. The topological polar surface area (TPSA) is 36.7 Å². The number of amidine groups is 1. The standard InChI is InChI=1S/C40H35BN5.Pt/c1-28-22-29(2)39(30(3)23-28)41(34-16-12-20-37(24-34)45-26-31(4)40(43-45)33-14-8-6-9-15-33)35-17-13-21-38(25-35)46-27-44(32(5)42-46)36-18-10-7-11-19-36;/h6-23,26-27H,1-5H3;/q-3;. The summed E-state index contributed by atoms with van der Waals surface area (Å²) in [7, 11) is 0. The molecule has 2 heterocycles. The van der Waals surface area contributed by atoms with E-state index in [1.165, 1.54) is 22.2 Å². The van der Waals surface area contributed by atoms with Crippen LogP contribution in [0.5, 0.6) is 0 Å². The number of para-hydroxylation sites is 1. The van der Waals surface area contributed by atoms with Gasteiger partial charge in [0.15, 0.2) is 6.71 Å². The van der Waals surface area contributed by atoms with E-state index in [2.05, 4.69) is 124 Å². The van der Waals surface area contributed by atoms with Crippen molar-refractivity contribution in [2.24, 2.45) is 5.10 Å². The molecule has 0 saturated carbocycles. The Kier molecular flexibility index (Phi) is 9.34. The summed E-state index contributed by atoms with van der Waals surface area (Å²) >= 11 is 0. The van der Waals surface area contributed by atoms with Gasteiger partial charge in [0.2, 0.25) is 0 Å². The Morgan fingerprint density at radius 1 is 0.660 bits per heavy atom. The summed E-state index contributed by atoms with van der Waals surface area (Å²) in [5.41, 5.74) is 13.2. The molecule has 1 aromatic heterocycles. The van der Waals surface area contributed by atoms with Gasteiger partial charge in [0.05, 0.1) is 11.5 Å². The van der Waals surface area contributed by atoms with Crippen molar-refractivity contribution >= 4 is 40.3 Å². The second kappa shape index (κ2) is 13.6. The maximum absolute atomic E-state index is 5.00. The van der Waals surface area contributed by atoms with Crippen molar-refractivity contribution in [1.29, 1.82) is 0 Å². The Labute approximate surface area is 292 Å². The van der Waals surface area contributed by atoms with E-state index >= 15 is 0 Å². The third-order valence-corrected chi connectivity index (χ3v) is 8.55. The molecule has 0 N–H and O–H groups in total. The summed E-state index contributed by atoms with van der Waals surface area (Å²) in [6, 6.07) is 45.4. The average Bonchev–Trinajstić information content (AvgIpc) is 3.66. The predicted octanol–water partition coefficient (Wildman–Crippen LogP) is 6.67. The Hall–Kier alpha value is -4.67. The molecule has 0 bridgehead atoms. The van der Waals surface area contributed by atoms with Crippen molar-refractivity contribution in [3.8, 4) is 16.9 Å². The predicted molar refractivity (Wildman–Crippen MR) is 192 cm³/mol. The molecule has 0 atom stereocenters. The van der Waals surface area contributed by atoms with Crippen LogP contribution in [0.25, 0.3) is 16.9 Å². The van der Waals surface area contributed by atoms with E-state index in [-0.39, 0.29) is 27.8 Å². The van der Waals surface area contributed by atoms with Crippen LogP contribution in [-0.4, -0.2) is 22.3 Å². The number of hydrogen-bond donors (Lipinski definition) is 0. The first-order chi connectivity index (χ1) is 22.4. The smallest absolute Gasteiger partial charge is 0.192 e. The Morgan fingerprint density at radius 3 is 1.91 bits per heavy atom. The first-order valence-corrected chi connectivity index (χ1v) is 15.6. The van der Waals surface area contributed by atoms with Gasteiger partial charge in [-0.05, 0) is 58.0 Å². The summed E-state index contributed by atoms with van der Waals surface area (Å²) in [6.45, 7) is 12.6. The van der Waals surface area contributed by atoms with Gasteiger partial charge in [-0.25, -0.2) is 0 Å². The molecule has 5 aromatic carbocycles. The minimum atomic E-state index is -0.0938. The number of benzene rings is 5. The van der Waals surface area contributed by atoms with Gasteiger partial charge in [-0.3, -0.25) is 4.68 Å². The van der Waals surface area contributed by atoms with E-state index in [0.29, 0.717) is 0 Å². The number of aromatic nitrogens is 2. The van der Waals surface area contributed by atoms with Crippen LogP contribution in [0.2, 0.25) is 0 Å². The first kappa shape index (κ1) is 32.3. The van der Waals surface area contributed by atoms with E-state index in [0.717, 1.165) is 50.6 Å². The van der Waals surface area contributed by atoms with Gasteiger partial charge >= 0.3 is 0 Å². The van der Waals surface area contributed by atoms with E-state index < -0.39 is 0 Å². The van der Waals surface area contributed by atoms with Crippen LogP contribution in [-0.2, 0) is 21.1 Å². The first-order valence-electron chi connectivity index (χ1n) is 15.6. The van der Waals surface area contributed by atoms with E-state index in [9.17, 15) is 0 Å². The van der Waals surface area contributed by atoms with Crippen LogP contribution in [0.15, 0.2) is 120 Å². The SMILES string of the molecule is CC1=NN(c2[c-]c(B(c3[c-]c(-n4cc(C)c(-c5ccccc5)n4)ccc3)c3c(C)cc(C)cc3C)ccc2)[CH-]N1c1ccccc1.[Pt]. The molecular weight excluding hydrogens is 756 g/mol. The van der Waals surface area contributed by atoms with Crippen LogP contribution in [0.4, 0.5) is 11.4 Å². The van der Waals surface area contributed by atoms with Crippen molar-refractivity contribution in [2.75, 3.05) is 9.91 Å². The maximum Gasteiger partial charge on any atom is 0.192 e. The van der Waals surface area contributed by atoms with Gasteiger partial charge in [-0.1, -0.05) is 88.5 Å². The molecule has 0 saturated heterocycles. The third-order valence-electron chi connectivity index (χ3n) is 8.55. The van der Waals surface area contributed by atoms with E-state index in [1.54, 1.807) is 0 Å². The summed E-state index contributed by atoms with van der Waals surface area (Å²) in [4.78, 5) is 2.10. The van der Waals surface area contributed by atoms with Crippen molar-refractivity contribution in [3.63, 3.8) is 0 Å². The molecule has 47 heavy (non-hydrogen) atoms. The Bertz CT molecular complexity index is 2030. The zero-order valence-corrected chi connectivity index (χ0v) is 29.4. The van der Waals surface area contributed by atoms with Gasteiger partial charge in [0.1, 0.15) is 0 Å². The summed E-state index contributed by atoms with van der Waals surface area (Å²) in [5.74, 6) is 0.900. The molecule has 0 radical (unpaired) electrons. The minimum Gasteiger partial charge on any atom is -0.460 e.